The first-order chi connectivity index (χ1) is 8.70. The first-order valence-corrected chi connectivity index (χ1v) is 7.35. The Morgan fingerprint density at radius 2 is 2.00 bits per heavy atom. The molecule has 1 aliphatic carbocycles. The number of benzene rings is 1. The van der Waals surface area contributed by atoms with Gasteiger partial charge in [0.25, 0.3) is 0 Å². The molecule has 0 atom stereocenters. The highest BCUT2D eigenvalue weighted by atomic mass is 32.1. The van der Waals surface area contributed by atoms with Crippen LogP contribution < -0.4 is 5.73 Å². The molecule has 1 aliphatic rings. The summed E-state index contributed by atoms with van der Waals surface area (Å²) in [6.45, 7) is 2.11. The van der Waals surface area contributed by atoms with Crippen molar-refractivity contribution in [1.29, 1.82) is 0 Å². The Labute approximate surface area is 112 Å². The Morgan fingerprint density at radius 1 is 1.28 bits per heavy atom. The molecule has 0 saturated heterocycles. The van der Waals surface area contributed by atoms with E-state index < -0.39 is 0 Å². The highest BCUT2D eigenvalue weighted by Crippen LogP contribution is 2.31. The summed E-state index contributed by atoms with van der Waals surface area (Å²) in [4.78, 5) is 4.73. The van der Waals surface area contributed by atoms with E-state index in [1.165, 1.54) is 29.0 Å². The highest BCUT2D eigenvalue weighted by Gasteiger charge is 2.26. The van der Waals surface area contributed by atoms with Gasteiger partial charge in [-0.05, 0) is 25.7 Å². The lowest BCUT2D eigenvalue weighted by Crippen LogP contribution is -2.37. The number of nitrogens with zero attached hydrogens (tertiary/aromatic N) is 1. The van der Waals surface area contributed by atoms with Crippen LogP contribution in [0.5, 0.6) is 0 Å². The van der Waals surface area contributed by atoms with Crippen LogP contribution in [0.3, 0.4) is 0 Å². The molecule has 1 heterocycles. The van der Waals surface area contributed by atoms with Gasteiger partial charge in [0.15, 0.2) is 0 Å². The lowest BCUT2D eigenvalue weighted by atomic mass is 9.79. The van der Waals surface area contributed by atoms with Crippen molar-refractivity contribution in [3.63, 3.8) is 0 Å². The van der Waals surface area contributed by atoms with Crippen LogP contribution in [0, 0.1) is 12.8 Å². The minimum absolute atomic E-state index is 0.437. The summed E-state index contributed by atoms with van der Waals surface area (Å²) in [7, 11) is 0. The van der Waals surface area contributed by atoms with Crippen molar-refractivity contribution < 1.29 is 0 Å². The number of nitrogens with two attached hydrogens (primary N) is 1. The normalized spacial score (nSPS) is 22.8. The number of hydrogen-bond acceptors (Lipinski definition) is 3. The van der Waals surface area contributed by atoms with E-state index in [2.05, 4.69) is 36.6 Å². The van der Waals surface area contributed by atoms with Crippen LogP contribution >= 0.6 is 11.3 Å². The number of thiazole rings is 1. The summed E-state index contributed by atoms with van der Waals surface area (Å²) in [5.41, 5.74) is 9.43. The van der Waals surface area contributed by atoms with Crippen LogP contribution in [0.15, 0.2) is 29.6 Å². The molecule has 1 saturated carbocycles. The van der Waals surface area contributed by atoms with E-state index in [0.29, 0.717) is 6.04 Å². The summed E-state index contributed by atoms with van der Waals surface area (Å²) >= 11 is 1.78. The van der Waals surface area contributed by atoms with Crippen LogP contribution in [0.4, 0.5) is 0 Å². The van der Waals surface area contributed by atoms with Crippen LogP contribution in [-0.4, -0.2) is 11.0 Å². The van der Waals surface area contributed by atoms with E-state index in [1.54, 1.807) is 11.3 Å². The maximum absolute atomic E-state index is 5.82. The average molecular weight is 258 g/mol. The fraction of sp³-hybridized carbons (Fsp3) is 0.400. The topological polar surface area (TPSA) is 38.9 Å². The van der Waals surface area contributed by atoms with Gasteiger partial charge in [-0.15, -0.1) is 11.3 Å². The van der Waals surface area contributed by atoms with Crippen molar-refractivity contribution >= 4 is 11.3 Å². The molecule has 0 unspecified atom stereocenters. The van der Waals surface area contributed by atoms with Gasteiger partial charge in [-0.3, -0.25) is 0 Å². The zero-order valence-electron chi connectivity index (χ0n) is 10.6. The molecule has 0 amide bonds. The molecular weight excluding hydrogens is 240 g/mol. The number of hydrogen-bond donors (Lipinski definition) is 1. The monoisotopic (exact) mass is 258 g/mol. The van der Waals surface area contributed by atoms with Crippen LogP contribution in [0.1, 0.15) is 23.4 Å². The number of aryl methyl sites for hydroxylation is 1. The van der Waals surface area contributed by atoms with Crippen molar-refractivity contribution in [1.82, 2.24) is 4.98 Å². The fourth-order valence-electron chi connectivity index (χ4n) is 2.46. The molecule has 0 aliphatic heterocycles. The molecule has 2 nitrogen and oxygen atoms in total. The standard InChI is InChI=1S/C15H18N2S/c1-10-2-4-12(5-3-10)14-9-18-15(17-14)8-11-6-13(16)7-11/h2-5,9,11,13H,6-8,16H2,1H3. The Hall–Kier alpha value is -1.19. The van der Waals surface area contributed by atoms with E-state index in [4.69, 9.17) is 10.7 Å². The first-order valence-electron chi connectivity index (χ1n) is 6.48. The van der Waals surface area contributed by atoms with Crippen LogP contribution in [0.25, 0.3) is 11.3 Å². The van der Waals surface area contributed by atoms with E-state index in [-0.39, 0.29) is 0 Å². The van der Waals surface area contributed by atoms with Crippen molar-refractivity contribution in [2.75, 3.05) is 0 Å². The number of rotatable bonds is 3. The van der Waals surface area contributed by atoms with Gasteiger partial charge in [-0.2, -0.15) is 0 Å². The lowest BCUT2D eigenvalue weighted by Gasteiger charge is -2.31. The Morgan fingerprint density at radius 3 is 2.67 bits per heavy atom. The molecule has 0 bridgehead atoms. The third-order valence-electron chi connectivity index (χ3n) is 3.63. The van der Waals surface area contributed by atoms with Gasteiger partial charge in [-0.25, -0.2) is 4.98 Å². The fourth-order valence-corrected chi connectivity index (χ4v) is 3.38. The van der Waals surface area contributed by atoms with Gasteiger partial charge in [0.1, 0.15) is 0 Å². The SMILES string of the molecule is Cc1ccc(-c2csc(CC3CC(N)C3)n2)cc1. The molecule has 1 aromatic heterocycles. The second-order valence-corrected chi connectivity index (χ2v) is 6.24. The zero-order valence-corrected chi connectivity index (χ0v) is 11.4. The molecule has 2 N–H and O–H groups in total. The minimum Gasteiger partial charge on any atom is -0.328 e. The van der Waals surface area contributed by atoms with Crippen molar-refractivity contribution in [2.24, 2.45) is 11.7 Å². The zero-order chi connectivity index (χ0) is 12.5. The van der Waals surface area contributed by atoms with Crippen LogP contribution in [-0.2, 0) is 6.42 Å². The molecular formula is C15H18N2S. The lowest BCUT2D eigenvalue weighted by molar-refractivity contribution is 0.264. The molecule has 94 valence electrons. The maximum atomic E-state index is 5.82. The Bertz CT molecular complexity index is 524. The van der Waals surface area contributed by atoms with E-state index in [9.17, 15) is 0 Å². The van der Waals surface area contributed by atoms with Gasteiger partial charge in [0, 0.05) is 23.4 Å². The largest absolute Gasteiger partial charge is 0.328 e. The molecule has 18 heavy (non-hydrogen) atoms. The Kier molecular flexibility index (Phi) is 3.18. The molecule has 0 radical (unpaired) electrons. The molecule has 3 heteroatoms. The smallest absolute Gasteiger partial charge is 0.0935 e. The minimum atomic E-state index is 0.437. The maximum Gasteiger partial charge on any atom is 0.0935 e. The van der Waals surface area contributed by atoms with Crippen molar-refractivity contribution in [2.45, 2.75) is 32.2 Å². The van der Waals surface area contributed by atoms with Gasteiger partial charge < -0.3 is 5.73 Å². The van der Waals surface area contributed by atoms with Gasteiger partial charge in [0.05, 0.1) is 10.7 Å². The first kappa shape index (κ1) is 11.9. The Balaban J connectivity index is 1.71. The van der Waals surface area contributed by atoms with Gasteiger partial charge in [0.2, 0.25) is 0 Å². The molecule has 0 spiro atoms. The quantitative estimate of drug-likeness (QED) is 0.916. The van der Waals surface area contributed by atoms with E-state index >= 15 is 0 Å². The molecule has 1 aromatic carbocycles. The molecule has 1 fully saturated rings. The van der Waals surface area contributed by atoms with Crippen molar-refractivity contribution in [3.05, 3.63) is 40.2 Å². The summed E-state index contributed by atoms with van der Waals surface area (Å²) in [6.07, 6.45) is 3.43. The second-order valence-electron chi connectivity index (χ2n) is 5.29. The number of aromatic nitrogens is 1. The van der Waals surface area contributed by atoms with Gasteiger partial charge in [-0.1, -0.05) is 29.8 Å². The third kappa shape index (κ3) is 2.47. The van der Waals surface area contributed by atoms with Gasteiger partial charge >= 0.3 is 0 Å². The predicted octanol–water partition coefficient (Wildman–Crippen LogP) is 3.40. The van der Waals surface area contributed by atoms with Crippen LogP contribution in [0.2, 0.25) is 0 Å². The average Bonchev–Trinajstić information content (AvgIpc) is 2.77. The third-order valence-corrected chi connectivity index (χ3v) is 4.51. The van der Waals surface area contributed by atoms with E-state index in [1.807, 2.05) is 0 Å². The van der Waals surface area contributed by atoms with E-state index in [0.717, 1.165) is 18.0 Å². The summed E-state index contributed by atoms with van der Waals surface area (Å²) in [6, 6.07) is 9.01. The summed E-state index contributed by atoms with van der Waals surface area (Å²) in [5.74, 6) is 0.761. The molecule has 3 rings (SSSR count). The summed E-state index contributed by atoms with van der Waals surface area (Å²) < 4.78 is 0. The highest BCUT2D eigenvalue weighted by molar-refractivity contribution is 7.09. The van der Waals surface area contributed by atoms with Crippen molar-refractivity contribution in [3.8, 4) is 11.3 Å². The predicted molar refractivity (Wildman–Crippen MR) is 76.7 cm³/mol. The second kappa shape index (κ2) is 4.82. The molecule has 2 aromatic rings. The summed E-state index contributed by atoms with van der Waals surface area (Å²) in [5, 5.41) is 3.42.